The number of carbonyl (C=O) groups excluding carboxylic acids is 2. The van der Waals surface area contributed by atoms with Gasteiger partial charge in [-0.3, -0.25) is 9.69 Å². The number of ether oxygens (including phenoxy) is 1. The monoisotopic (exact) mass is 318 g/mol. The van der Waals surface area contributed by atoms with Gasteiger partial charge in [-0.2, -0.15) is 0 Å². The van der Waals surface area contributed by atoms with Crippen molar-refractivity contribution in [3.8, 4) is 0 Å². The Hall–Kier alpha value is -2.04. The molecule has 126 valence electrons. The van der Waals surface area contributed by atoms with E-state index >= 15 is 0 Å². The third-order valence-electron chi connectivity index (χ3n) is 3.96. The summed E-state index contributed by atoms with van der Waals surface area (Å²) in [7, 11) is 0. The van der Waals surface area contributed by atoms with E-state index in [0.717, 1.165) is 17.7 Å². The molecule has 1 fully saturated rings. The lowest BCUT2D eigenvalue weighted by Gasteiger charge is -2.28. The van der Waals surface area contributed by atoms with Gasteiger partial charge in [-0.25, -0.2) is 4.79 Å². The Bertz CT molecular complexity index is 605. The largest absolute Gasteiger partial charge is 0.444 e. The quantitative estimate of drug-likeness (QED) is 0.905. The maximum Gasteiger partial charge on any atom is 0.410 e. The van der Waals surface area contributed by atoms with Crippen LogP contribution in [0.5, 0.6) is 0 Å². The summed E-state index contributed by atoms with van der Waals surface area (Å²) in [6.07, 6.45) is 1.05. The van der Waals surface area contributed by atoms with Crippen LogP contribution in [-0.2, 0) is 9.53 Å². The van der Waals surface area contributed by atoms with Crippen LogP contribution in [0.4, 0.5) is 10.5 Å². The van der Waals surface area contributed by atoms with E-state index in [4.69, 9.17) is 4.74 Å². The van der Waals surface area contributed by atoms with E-state index in [-0.39, 0.29) is 5.91 Å². The highest BCUT2D eigenvalue weighted by molar-refractivity contribution is 5.97. The van der Waals surface area contributed by atoms with Gasteiger partial charge < -0.3 is 10.1 Å². The number of hydrogen-bond acceptors (Lipinski definition) is 3. The molecule has 5 nitrogen and oxygen atoms in total. The summed E-state index contributed by atoms with van der Waals surface area (Å²) >= 11 is 0. The highest BCUT2D eigenvalue weighted by Crippen LogP contribution is 2.23. The fourth-order valence-electron chi connectivity index (χ4n) is 2.62. The number of rotatable bonds is 2. The summed E-state index contributed by atoms with van der Waals surface area (Å²) in [4.78, 5) is 26.3. The minimum absolute atomic E-state index is 0.156. The Morgan fingerprint density at radius 1 is 1.22 bits per heavy atom. The molecule has 0 aromatic heterocycles. The molecule has 1 aromatic rings. The number of nitrogens with one attached hydrogen (secondary N) is 1. The van der Waals surface area contributed by atoms with Crippen molar-refractivity contribution in [2.75, 3.05) is 11.9 Å². The van der Waals surface area contributed by atoms with Gasteiger partial charge in [-0.15, -0.1) is 0 Å². The number of aryl methyl sites for hydroxylation is 2. The minimum Gasteiger partial charge on any atom is -0.444 e. The Balaban J connectivity index is 2.05. The van der Waals surface area contributed by atoms with Gasteiger partial charge in [0.15, 0.2) is 0 Å². The van der Waals surface area contributed by atoms with E-state index in [1.165, 1.54) is 10.5 Å². The fraction of sp³-hybridized carbons (Fsp3) is 0.556. The first-order chi connectivity index (χ1) is 10.7. The molecule has 0 unspecified atom stereocenters. The number of amides is 2. The number of hydrogen-bond donors (Lipinski definition) is 1. The van der Waals surface area contributed by atoms with Gasteiger partial charge in [0, 0.05) is 12.2 Å². The SMILES string of the molecule is Cc1ccc(NC(=O)[C@H]2CCCN2C(=O)OC(C)(C)C)cc1C. The molecule has 1 atom stereocenters. The molecule has 1 aliphatic heterocycles. The van der Waals surface area contributed by atoms with E-state index in [1.807, 2.05) is 52.8 Å². The molecule has 0 bridgehead atoms. The molecule has 1 aromatic carbocycles. The zero-order valence-electron chi connectivity index (χ0n) is 14.6. The van der Waals surface area contributed by atoms with Crippen molar-refractivity contribution in [2.24, 2.45) is 0 Å². The van der Waals surface area contributed by atoms with Gasteiger partial charge in [-0.1, -0.05) is 6.07 Å². The first-order valence-corrected chi connectivity index (χ1v) is 8.05. The fourth-order valence-corrected chi connectivity index (χ4v) is 2.62. The average Bonchev–Trinajstić information content (AvgIpc) is 2.90. The first-order valence-electron chi connectivity index (χ1n) is 8.05. The normalized spacial score (nSPS) is 18.0. The minimum atomic E-state index is -0.561. The molecule has 0 aliphatic carbocycles. The van der Waals surface area contributed by atoms with Crippen molar-refractivity contribution < 1.29 is 14.3 Å². The van der Waals surface area contributed by atoms with Gasteiger partial charge in [-0.05, 0) is 70.7 Å². The molecule has 1 heterocycles. The van der Waals surface area contributed by atoms with Crippen molar-refractivity contribution in [3.05, 3.63) is 29.3 Å². The van der Waals surface area contributed by atoms with Gasteiger partial charge in [0.1, 0.15) is 11.6 Å². The summed E-state index contributed by atoms with van der Waals surface area (Å²) in [6.45, 7) is 10.1. The number of benzene rings is 1. The highest BCUT2D eigenvalue weighted by atomic mass is 16.6. The predicted molar refractivity (Wildman–Crippen MR) is 90.5 cm³/mol. The lowest BCUT2D eigenvalue weighted by Crippen LogP contribution is -2.45. The van der Waals surface area contributed by atoms with E-state index in [9.17, 15) is 9.59 Å². The molecule has 1 aliphatic rings. The van der Waals surface area contributed by atoms with Crippen LogP contribution in [0.25, 0.3) is 0 Å². The maximum atomic E-state index is 12.5. The average molecular weight is 318 g/mol. The molecule has 1 saturated heterocycles. The highest BCUT2D eigenvalue weighted by Gasteiger charge is 2.36. The third-order valence-corrected chi connectivity index (χ3v) is 3.96. The Kier molecular flexibility index (Phi) is 4.97. The zero-order chi connectivity index (χ0) is 17.2. The molecular weight excluding hydrogens is 292 g/mol. The Morgan fingerprint density at radius 3 is 2.52 bits per heavy atom. The number of likely N-dealkylation sites (tertiary alicyclic amines) is 1. The lowest BCUT2D eigenvalue weighted by molar-refractivity contribution is -0.120. The second-order valence-corrected chi connectivity index (χ2v) is 7.12. The molecule has 0 spiro atoms. The molecule has 23 heavy (non-hydrogen) atoms. The van der Waals surface area contributed by atoms with Crippen molar-refractivity contribution in [2.45, 2.75) is 59.1 Å². The smallest absolute Gasteiger partial charge is 0.410 e. The zero-order valence-corrected chi connectivity index (χ0v) is 14.6. The van der Waals surface area contributed by atoms with E-state index in [1.54, 1.807) is 0 Å². The van der Waals surface area contributed by atoms with E-state index < -0.39 is 17.7 Å². The van der Waals surface area contributed by atoms with E-state index in [0.29, 0.717) is 13.0 Å². The summed E-state index contributed by atoms with van der Waals surface area (Å²) < 4.78 is 5.39. The van der Waals surface area contributed by atoms with Crippen LogP contribution >= 0.6 is 0 Å². The molecule has 2 amide bonds. The maximum absolute atomic E-state index is 12.5. The molecule has 0 radical (unpaired) electrons. The standard InChI is InChI=1S/C18H26N2O3/c1-12-8-9-14(11-13(12)2)19-16(21)15-7-6-10-20(15)17(22)23-18(3,4)5/h8-9,11,15H,6-7,10H2,1-5H3,(H,19,21)/t15-/m1/s1. The topological polar surface area (TPSA) is 58.6 Å². The number of anilines is 1. The van der Waals surface area contributed by atoms with Crippen LogP contribution in [-0.4, -0.2) is 35.1 Å². The number of carbonyl (C=O) groups is 2. The molecular formula is C18H26N2O3. The van der Waals surface area contributed by atoms with Crippen molar-refractivity contribution in [3.63, 3.8) is 0 Å². The Labute approximate surface area is 138 Å². The van der Waals surface area contributed by atoms with Gasteiger partial charge in [0.2, 0.25) is 5.91 Å². The van der Waals surface area contributed by atoms with Crippen LogP contribution in [0.1, 0.15) is 44.7 Å². The van der Waals surface area contributed by atoms with Crippen LogP contribution in [0.3, 0.4) is 0 Å². The van der Waals surface area contributed by atoms with Gasteiger partial charge >= 0.3 is 6.09 Å². The second kappa shape index (κ2) is 6.60. The third kappa shape index (κ3) is 4.47. The van der Waals surface area contributed by atoms with Crippen LogP contribution in [0.15, 0.2) is 18.2 Å². The van der Waals surface area contributed by atoms with Crippen LogP contribution in [0.2, 0.25) is 0 Å². The summed E-state index contributed by atoms with van der Waals surface area (Å²) in [5.74, 6) is -0.156. The predicted octanol–water partition coefficient (Wildman–Crippen LogP) is 3.64. The summed E-state index contributed by atoms with van der Waals surface area (Å²) in [5, 5.41) is 2.91. The summed E-state index contributed by atoms with van der Waals surface area (Å²) in [5.41, 5.74) is 2.50. The summed E-state index contributed by atoms with van der Waals surface area (Å²) in [6, 6.07) is 5.34. The molecule has 2 rings (SSSR count). The van der Waals surface area contributed by atoms with Gasteiger partial charge in [0.25, 0.3) is 0 Å². The first kappa shape index (κ1) is 17.3. The van der Waals surface area contributed by atoms with Crippen molar-refractivity contribution in [1.29, 1.82) is 0 Å². The lowest BCUT2D eigenvalue weighted by atomic mass is 10.1. The van der Waals surface area contributed by atoms with Crippen molar-refractivity contribution in [1.82, 2.24) is 4.90 Å². The molecule has 1 N–H and O–H groups in total. The van der Waals surface area contributed by atoms with Crippen LogP contribution < -0.4 is 5.32 Å². The Morgan fingerprint density at radius 2 is 1.91 bits per heavy atom. The van der Waals surface area contributed by atoms with Crippen molar-refractivity contribution >= 4 is 17.7 Å². The number of nitrogens with zero attached hydrogens (tertiary/aromatic N) is 1. The molecule has 5 heteroatoms. The molecule has 0 saturated carbocycles. The van der Waals surface area contributed by atoms with Gasteiger partial charge in [0.05, 0.1) is 0 Å². The second-order valence-electron chi connectivity index (χ2n) is 7.12. The van der Waals surface area contributed by atoms with Crippen LogP contribution in [0, 0.1) is 13.8 Å². The van der Waals surface area contributed by atoms with E-state index in [2.05, 4.69) is 5.32 Å².